The van der Waals surface area contributed by atoms with Crippen molar-refractivity contribution in [3.8, 4) is 0 Å². The molecular formula is C17H22F3N5O2. The first kappa shape index (κ1) is 19.5. The van der Waals surface area contributed by atoms with Crippen molar-refractivity contribution in [1.29, 1.82) is 0 Å². The van der Waals surface area contributed by atoms with Crippen molar-refractivity contribution >= 4 is 0 Å². The summed E-state index contributed by atoms with van der Waals surface area (Å²) in [5.41, 5.74) is -1.83. The second kappa shape index (κ2) is 7.79. The fraction of sp³-hybridized carbons (Fsp3) is 0.647. The van der Waals surface area contributed by atoms with Crippen LogP contribution in [0.2, 0.25) is 0 Å². The molecule has 0 spiro atoms. The normalized spacial score (nSPS) is 17.0. The van der Waals surface area contributed by atoms with Crippen molar-refractivity contribution in [2.24, 2.45) is 5.92 Å². The number of alkyl halides is 3. The fourth-order valence-electron chi connectivity index (χ4n) is 3.08. The van der Waals surface area contributed by atoms with Crippen molar-refractivity contribution in [2.45, 2.75) is 51.9 Å². The van der Waals surface area contributed by atoms with Crippen LogP contribution in [0.1, 0.15) is 50.0 Å². The second-order valence-corrected chi connectivity index (χ2v) is 7.18. The molecule has 0 radical (unpaired) electrons. The molecule has 3 heterocycles. The van der Waals surface area contributed by atoms with Gasteiger partial charge in [0, 0.05) is 18.5 Å². The highest BCUT2D eigenvalue weighted by atomic mass is 19.4. The lowest BCUT2D eigenvalue weighted by molar-refractivity contribution is -0.141. The Hall–Kier alpha value is -2.23. The number of hydrogen-bond acceptors (Lipinski definition) is 6. The van der Waals surface area contributed by atoms with Crippen LogP contribution in [-0.4, -0.2) is 37.7 Å². The average Bonchev–Trinajstić information content (AvgIpc) is 3.06. The van der Waals surface area contributed by atoms with Crippen LogP contribution in [-0.2, 0) is 19.3 Å². The molecule has 10 heteroatoms. The Morgan fingerprint density at radius 1 is 1.30 bits per heavy atom. The quantitative estimate of drug-likeness (QED) is 0.788. The van der Waals surface area contributed by atoms with Gasteiger partial charge in [-0.3, -0.25) is 14.3 Å². The highest BCUT2D eigenvalue weighted by Crippen LogP contribution is 2.26. The molecule has 2 aromatic rings. The number of halogens is 3. The molecule has 0 saturated carbocycles. The van der Waals surface area contributed by atoms with E-state index in [-0.39, 0.29) is 11.8 Å². The Bertz CT molecular complexity index is 822. The third kappa shape index (κ3) is 4.94. The number of aromatic nitrogens is 4. The van der Waals surface area contributed by atoms with E-state index in [9.17, 15) is 18.0 Å². The minimum absolute atomic E-state index is 0.212. The van der Waals surface area contributed by atoms with E-state index < -0.39 is 17.4 Å². The monoisotopic (exact) mass is 385 g/mol. The minimum Gasteiger partial charge on any atom is -0.338 e. The van der Waals surface area contributed by atoms with Gasteiger partial charge in [0.1, 0.15) is 0 Å². The molecule has 3 rings (SSSR count). The van der Waals surface area contributed by atoms with Gasteiger partial charge < -0.3 is 4.52 Å². The molecule has 0 aromatic carbocycles. The SMILES string of the molecule is CC(C)c1noc(CN2CCC(Cn3cnc(C(F)(F)F)cc3=O)CC2)n1. The van der Waals surface area contributed by atoms with Gasteiger partial charge in [-0.25, -0.2) is 4.98 Å². The van der Waals surface area contributed by atoms with Gasteiger partial charge >= 0.3 is 6.18 Å². The first-order valence-corrected chi connectivity index (χ1v) is 8.91. The number of likely N-dealkylation sites (tertiary alicyclic amines) is 1. The van der Waals surface area contributed by atoms with E-state index in [4.69, 9.17) is 4.52 Å². The highest BCUT2D eigenvalue weighted by Gasteiger charge is 2.33. The summed E-state index contributed by atoms with van der Waals surface area (Å²) >= 11 is 0. The molecule has 1 saturated heterocycles. The zero-order valence-corrected chi connectivity index (χ0v) is 15.2. The molecular weight excluding hydrogens is 363 g/mol. The summed E-state index contributed by atoms with van der Waals surface area (Å²) in [4.78, 5) is 21.8. The third-order valence-corrected chi connectivity index (χ3v) is 4.69. The maximum atomic E-state index is 12.6. The number of piperidine rings is 1. The molecule has 0 bridgehead atoms. The minimum atomic E-state index is -4.60. The van der Waals surface area contributed by atoms with E-state index in [0.29, 0.717) is 30.9 Å². The van der Waals surface area contributed by atoms with Gasteiger partial charge in [0.05, 0.1) is 12.9 Å². The van der Waals surface area contributed by atoms with Crippen molar-refractivity contribution in [1.82, 2.24) is 24.6 Å². The summed E-state index contributed by atoms with van der Waals surface area (Å²) in [6.45, 7) is 6.54. The van der Waals surface area contributed by atoms with Crippen LogP contribution in [0.25, 0.3) is 0 Å². The van der Waals surface area contributed by atoms with Crippen LogP contribution in [0.3, 0.4) is 0 Å². The van der Waals surface area contributed by atoms with E-state index in [1.165, 1.54) is 4.57 Å². The van der Waals surface area contributed by atoms with E-state index in [1.807, 2.05) is 13.8 Å². The number of rotatable bonds is 5. The van der Waals surface area contributed by atoms with E-state index in [1.54, 1.807) is 0 Å². The molecule has 0 N–H and O–H groups in total. The van der Waals surface area contributed by atoms with E-state index >= 15 is 0 Å². The van der Waals surface area contributed by atoms with Crippen LogP contribution in [0.5, 0.6) is 0 Å². The smallest absolute Gasteiger partial charge is 0.338 e. The highest BCUT2D eigenvalue weighted by molar-refractivity contribution is 5.03. The summed E-state index contributed by atoms with van der Waals surface area (Å²) in [5.74, 6) is 1.70. The van der Waals surface area contributed by atoms with Crippen LogP contribution in [0.15, 0.2) is 21.7 Å². The molecule has 1 aliphatic heterocycles. The van der Waals surface area contributed by atoms with Crippen LogP contribution >= 0.6 is 0 Å². The summed E-state index contributed by atoms with van der Waals surface area (Å²) in [7, 11) is 0. The first-order valence-electron chi connectivity index (χ1n) is 8.91. The van der Waals surface area contributed by atoms with Gasteiger partial charge in [-0.15, -0.1) is 0 Å². The predicted octanol–water partition coefficient (Wildman–Crippen LogP) is 2.68. The molecule has 1 aliphatic rings. The largest absolute Gasteiger partial charge is 0.433 e. The topological polar surface area (TPSA) is 77.0 Å². The Kier molecular flexibility index (Phi) is 5.64. The standard InChI is InChI=1S/C17H22F3N5O2/c1-11(2)16-22-14(27-23-16)9-24-5-3-12(4-6-24)8-25-10-21-13(7-15(25)26)17(18,19)20/h7,10-12H,3-6,8-9H2,1-2H3. The van der Waals surface area contributed by atoms with Crippen LogP contribution < -0.4 is 5.56 Å². The molecule has 7 nitrogen and oxygen atoms in total. The van der Waals surface area contributed by atoms with Crippen molar-refractivity contribution < 1.29 is 17.7 Å². The van der Waals surface area contributed by atoms with E-state index in [0.717, 1.165) is 32.3 Å². The van der Waals surface area contributed by atoms with Gasteiger partial charge in [-0.1, -0.05) is 19.0 Å². The van der Waals surface area contributed by atoms with Crippen LogP contribution in [0.4, 0.5) is 13.2 Å². The summed E-state index contributed by atoms with van der Waals surface area (Å²) in [6, 6.07) is 0.553. The molecule has 1 fully saturated rings. The Morgan fingerprint density at radius 3 is 2.56 bits per heavy atom. The Labute approximate surface area is 154 Å². The Morgan fingerprint density at radius 2 is 2.00 bits per heavy atom. The molecule has 2 aromatic heterocycles. The lowest BCUT2D eigenvalue weighted by atomic mass is 9.96. The van der Waals surface area contributed by atoms with Crippen LogP contribution in [0, 0.1) is 5.92 Å². The van der Waals surface area contributed by atoms with Gasteiger partial charge in [0.15, 0.2) is 11.5 Å². The van der Waals surface area contributed by atoms with Gasteiger partial charge in [0.2, 0.25) is 5.89 Å². The van der Waals surface area contributed by atoms with Gasteiger partial charge in [0.25, 0.3) is 5.56 Å². The maximum absolute atomic E-state index is 12.6. The van der Waals surface area contributed by atoms with E-state index in [2.05, 4.69) is 20.0 Å². The maximum Gasteiger partial charge on any atom is 0.433 e. The fourth-order valence-corrected chi connectivity index (χ4v) is 3.08. The molecule has 0 atom stereocenters. The zero-order chi connectivity index (χ0) is 19.6. The molecule has 0 unspecified atom stereocenters. The Balaban J connectivity index is 1.53. The third-order valence-electron chi connectivity index (χ3n) is 4.69. The van der Waals surface area contributed by atoms with Crippen molar-refractivity contribution in [3.63, 3.8) is 0 Å². The summed E-state index contributed by atoms with van der Waals surface area (Å²) < 4.78 is 44.3. The van der Waals surface area contributed by atoms with Crippen molar-refractivity contribution in [2.75, 3.05) is 13.1 Å². The van der Waals surface area contributed by atoms with Crippen molar-refractivity contribution in [3.05, 3.63) is 40.2 Å². The molecule has 0 aliphatic carbocycles. The number of hydrogen-bond donors (Lipinski definition) is 0. The first-order chi connectivity index (χ1) is 12.7. The summed E-state index contributed by atoms with van der Waals surface area (Å²) in [5, 5.41) is 3.95. The lowest BCUT2D eigenvalue weighted by Crippen LogP contribution is -2.36. The average molecular weight is 385 g/mol. The summed E-state index contributed by atoms with van der Waals surface area (Å²) in [6.07, 6.45) is -1.95. The van der Waals surface area contributed by atoms with Gasteiger partial charge in [-0.2, -0.15) is 18.2 Å². The second-order valence-electron chi connectivity index (χ2n) is 7.18. The van der Waals surface area contributed by atoms with Gasteiger partial charge in [-0.05, 0) is 31.8 Å². The predicted molar refractivity (Wildman–Crippen MR) is 89.9 cm³/mol. The zero-order valence-electron chi connectivity index (χ0n) is 15.2. The molecule has 0 amide bonds. The molecule has 27 heavy (non-hydrogen) atoms. The number of nitrogens with zero attached hydrogens (tertiary/aromatic N) is 5. The lowest BCUT2D eigenvalue weighted by Gasteiger charge is -2.31. The molecule has 148 valence electrons.